The van der Waals surface area contributed by atoms with Gasteiger partial charge in [-0.3, -0.25) is 4.79 Å². The molecule has 21 heavy (non-hydrogen) atoms. The van der Waals surface area contributed by atoms with Crippen LogP contribution in [0.3, 0.4) is 0 Å². The Labute approximate surface area is 125 Å². The predicted molar refractivity (Wildman–Crippen MR) is 81.0 cm³/mol. The topological polar surface area (TPSA) is 55.4 Å². The lowest BCUT2D eigenvalue weighted by Crippen LogP contribution is -2.42. The smallest absolute Gasteiger partial charge is 0.338 e. The van der Waals surface area contributed by atoms with Gasteiger partial charge in [-0.15, -0.1) is 0 Å². The molecule has 1 aromatic rings. The first kappa shape index (κ1) is 15.5. The highest BCUT2D eigenvalue weighted by Crippen LogP contribution is 2.23. The average Bonchev–Trinajstić information content (AvgIpc) is 2.48. The summed E-state index contributed by atoms with van der Waals surface area (Å²) >= 11 is 0. The maximum absolute atomic E-state index is 11.9. The van der Waals surface area contributed by atoms with E-state index < -0.39 is 5.97 Å². The molecule has 4 heteroatoms. The van der Waals surface area contributed by atoms with E-state index in [-0.39, 0.29) is 18.6 Å². The molecule has 0 spiro atoms. The molecule has 1 aliphatic carbocycles. The van der Waals surface area contributed by atoms with Crippen LogP contribution in [0.1, 0.15) is 48.5 Å². The van der Waals surface area contributed by atoms with Gasteiger partial charge in [-0.25, -0.2) is 4.79 Å². The number of ether oxygens (including phenoxy) is 1. The van der Waals surface area contributed by atoms with Crippen molar-refractivity contribution < 1.29 is 14.3 Å². The van der Waals surface area contributed by atoms with Gasteiger partial charge in [0.15, 0.2) is 6.61 Å². The predicted octanol–water partition coefficient (Wildman–Crippen LogP) is 2.85. The number of hydrogen-bond acceptors (Lipinski definition) is 3. The normalized spacial score (nSPS) is 21.6. The highest BCUT2D eigenvalue weighted by atomic mass is 16.5. The van der Waals surface area contributed by atoms with Gasteiger partial charge in [0.05, 0.1) is 5.56 Å². The highest BCUT2D eigenvalue weighted by Gasteiger charge is 2.23. The summed E-state index contributed by atoms with van der Waals surface area (Å²) in [4.78, 5) is 23.7. The Hall–Kier alpha value is -1.84. The number of benzene rings is 1. The van der Waals surface area contributed by atoms with Gasteiger partial charge >= 0.3 is 5.97 Å². The molecular formula is C17H23NO3. The number of carbonyl (C=O) groups excluding carboxylic acids is 2. The summed E-state index contributed by atoms with van der Waals surface area (Å²) < 4.78 is 5.06. The van der Waals surface area contributed by atoms with E-state index in [0.29, 0.717) is 11.5 Å². The molecule has 1 fully saturated rings. The van der Waals surface area contributed by atoms with Gasteiger partial charge in [0, 0.05) is 6.04 Å². The largest absolute Gasteiger partial charge is 0.452 e. The van der Waals surface area contributed by atoms with Crippen LogP contribution in [0.4, 0.5) is 0 Å². The Bertz CT molecular complexity index is 495. The van der Waals surface area contributed by atoms with Crippen LogP contribution < -0.4 is 5.32 Å². The molecule has 0 aliphatic heterocycles. The van der Waals surface area contributed by atoms with Gasteiger partial charge in [-0.2, -0.15) is 0 Å². The molecule has 2 rings (SSSR count). The van der Waals surface area contributed by atoms with Crippen molar-refractivity contribution in [1.82, 2.24) is 5.32 Å². The van der Waals surface area contributed by atoms with Crippen molar-refractivity contribution in [2.24, 2.45) is 5.92 Å². The van der Waals surface area contributed by atoms with Crippen molar-refractivity contribution in [3.63, 3.8) is 0 Å². The highest BCUT2D eigenvalue weighted by molar-refractivity contribution is 5.91. The molecule has 1 amide bonds. The van der Waals surface area contributed by atoms with Crippen molar-refractivity contribution in [3.05, 3.63) is 35.4 Å². The van der Waals surface area contributed by atoms with Gasteiger partial charge in [0.2, 0.25) is 0 Å². The molecule has 1 saturated carbocycles. The van der Waals surface area contributed by atoms with Crippen LogP contribution in [0.25, 0.3) is 0 Å². The third-order valence-corrected chi connectivity index (χ3v) is 4.08. The third kappa shape index (κ3) is 4.59. The van der Waals surface area contributed by atoms with Crippen molar-refractivity contribution in [2.75, 3.05) is 6.61 Å². The first-order valence-electron chi connectivity index (χ1n) is 7.59. The number of nitrogens with one attached hydrogen (secondary N) is 1. The minimum absolute atomic E-state index is 0.212. The van der Waals surface area contributed by atoms with Gasteiger partial charge in [-0.1, -0.05) is 37.5 Å². The first-order valence-corrected chi connectivity index (χ1v) is 7.59. The molecule has 0 bridgehead atoms. The van der Waals surface area contributed by atoms with Crippen molar-refractivity contribution in [1.29, 1.82) is 0 Å². The van der Waals surface area contributed by atoms with E-state index in [4.69, 9.17) is 4.74 Å². The maximum Gasteiger partial charge on any atom is 0.338 e. The summed E-state index contributed by atoms with van der Waals surface area (Å²) in [5.41, 5.74) is 1.55. The average molecular weight is 289 g/mol. The summed E-state index contributed by atoms with van der Waals surface area (Å²) in [7, 11) is 0. The van der Waals surface area contributed by atoms with Crippen LogP contribution in [0.5, 0.6) is 0 Å². The Kier molecular flexibility index (Phi) is 5.37. The molecule has 4 nitrogen and oxygen atoms in total. The van der Waals surface area contributed by atoms with Gasteiger partial charge < -0.3 is 10.1 Å². The fourth-order valence-electron chi connectivity index (χ4n) is 2.68. The van der Waals surface area contributed by atoms with E-state index in [1.165, 1.54) is 6.42 Å². The Balaban J connectivity index is 1.78. The summed E-state index contributed by atoms with van der Waals surface area (Å²) in [5, 5.41) is 2.97. The van der Waals surface area contributed by atoms with Crippen molar-refractivity contribution in [3.8, 4) is 0 Å². The van der Waals surface area contributed by atoms with E-state index in [1.54, 1.807) is 12.1 Å². The molecule has 0 aromatic heterocycles. The zero-order chi connectivity index (χ0) is 15.2. The lowest BCUT2D eigenvalue weighted by Gasteiger charge is -2.29. The van der Waals surface area contributed by atoms with Crippen molar-refractivity contribution >= 4 is 11.9 Å². The van der Waals surface area contributed by atoms with Crippen LogP contribution in [0.2, 0.25) is 0 Å². The molecule has 0 radical (unpaired) electrons. The zero-order valence-corrected chi connectivity index (χ0v) is 12.7. The van der Waals surface area contributed by atoms with E-state index in [9.17, 15) is 9.59 Å². The molecule has 0 saturated heterocycles. The maximum atomic E-state index is 11.9. The zero-order valence-electron chi connectivity index (χ0n) is 12.7. The number of amides is 1. The minimum atomic E-state index is -0.457. The lowest BCUT2D eigenvalue weighted by molar-refractivity contribution is -0.125. The van der Waals surface area contributed by atoms with Crippen LogP contribution in [-0.4, -0.2) is 24.5 Å². The van der Waals surface area contributed by atoms with Crippen LogP contribution >= 0.6 is 0 Å². The van der Waals surface area contributed by atoms with E-state index in [2.05, 4.69) is 12.2 Å². The number of hydrogen-bond donors (Lipinski definition) is 1. The molecule has 1 N–H and O–H groups in total. The number of aryl methyl sites for hydroxylation is 1. The SMILES string of the molecule is Cc1ccc(C(=O)OCC(=O)N[C@H]2CCCC[C@@H]2C)cc1. The molecule has 1 aromatic carbocycles. The van der Waals surface area contributed by atoms with E-state index in [0.717, 1.165) is 24.8 Å². The van der Waals surface area contributed by atoms with Crippen LogP contribution in [0, 0.1) is 12.8 Å². The second-order valence-corrected chi connectivity index (χ2v) is 5.88. The summed E-state index contributed by atoms with van der Waals surface area (Å²) in [5.74, 6) is -0.174. The van der Waals surface area contributed by atoms with Crippen LogP contribution in [0.15, 0.2) is 24.3 Å². The van der Waals surface area contributed by atoms with Gasteiger partial charge in [0.25, 0.3) is 5.91 Å². The van der Waals surface area contributed by atoms with Crippen LogP contribution in [-0.2, 0) is 9.53 Å². The molecule has 1 aliphatic rings. The summed E-state index contributed by atoms with van der Waals surface area (Å²) in [6.07, 6.45) is 4.54. The third-order valence-electron chi connectivity index (χ3n) is 4.08. The molecule has 0 heterocycles. The second kappa shape index (κ2) is 7.25. The molecule has 0 unspecified atom stereocenters. The quantitative estimate of drug-likeness (QED) is 0.867. The monoisotopic (exact) mass is 289 g/mol. The number of esters is 1. The lowest BCUT2D eigenvalue weighted by atomic mass is 9.86. The number of rotatable bonds is 4. The molecule has 114 valence electrons. The fourth-order valence-corrected chi connectivity index (χ4v) is 2.68. The Morgan fingerprint density at radius 1 is 1.19 bits per heavy atom. The standard InChI is InChI=1S/C17H23NO3/c1-12-7-9-14(10-8-12)17(20)21-11-16(19)18-15-6-4-3-5-13(15)2/h7-10,13,15H,3-6,11H2,1-2H3,(H,18,19)/t13-,15-/m0/s1. The van der Waals surface area contributed by atoms with E-state index in [1.807, 2.05) is 19.1 Å². The minimum Gasteiger partial charge on any atom is -0.452 e. The Morgan fingerprint density at radius 2 is 1.86 bits per heavy atom. The van der Waals surface area contributed by atoms with Gasteiger partial charge in [0.1, 0.15) is 0 Å². The second-order valence-electron chi connectivity index (χ2n) is 5.88. The molecular weight excluding hydrogens is 266 g/mol. The number of carbonyl (C=O) groups is 2. The van der Waals surface area contributed by atoms with Crippen molar-refractivity contribution in [2.45, 2.75) is 45.6 Å². The molecule has 2 atom stereocenters. The fraction of sp³-hybridized carbons (Fsp3) is 0.529. The summed E-state index contributed by atoms with van der Waals surface area (Å²) in [6.45, 7) is 3.90. The first-order chi connectivity index (χ1) is 10.1. The van der Waals surface area contributed by atoms with Gasteiger partial charge in [-0.05, 0) is 37.8 Å². The summed E-state index contributed by atoms with van der Waals surface area (Å²) in [6, 6.07) is 7.32. The van der Waals surface area contributed by atoms with E-state index >= 15 is 0 Å². The Morgan fingerprint density at radius 3 is 2.52 bits per heavy atom.